The lowest BCUT2D eigenvalue weighted by atomic mass is 10.1. The van der Waals surface area contributed by atoms with Crippen molar-refractivity contribution >= 4 is 16.8 Å². The van der Waals surface area contributed by atoms with Crippen LogP contribution in [0.1, 0.15) is 16.7 Å². The molecule has 0 aliphatic rings. The first-order valence-electron chi connectivity index (χ1n) is 5.56. The Labute approximate surface area is 107 Å². The monoisotopic (exact) mass is 243 g/mol. The lowest BCUT2D eigenvalue weighted by Crippen LogP contribution is -1.92. The SMILES string of the molecule is Cc1ccc(CN=C(Cl)c2ccccc2)cc1. The fourth-order valence-electron chi connectivity index (χ4n) is 1.52. The summed E-state index contributed by atoms with van der Waals surface area (Å²) in [5, 5.41) is 0.561. The number of aryl methyl sites for hydroxylation is 1. The van der Waals surface area contributed by atoms with Gasteiger partial charge in [0.2, 0.25) is 0 Å². The number of hydrogen-bond acceptors (Lipinski definition) is 1. The van der Waals surface area contributed by atoms with Gasteiger partial charge in [0.1, 0.15) is 5.17 Å². The molecule has 86 valence electrons. The summed E-state index contributed by atoms with van der Waals surface area (Å²) in [6, 6.07) is 18.1. The van der Waals surface area contributed by atoms with Crippen LogP contribution in [0.3, 0.4) is 0 Å². The number of halogens is 1. The molecule has 0 N–H and O–H groups in total. The fraction of sp³-hybridized carbons (Fsp3) is 0.133. The Balaban J connectivity index is 2.08. The van der Waals surface area contributed by atoms with Crippen molar-refractivity contribution in [2.75, 3.05) is 0 Å². The molecular weight excluding hydrogens is 230 g/mol. The number of nitrogens with zero attached hydrogens (tertiary/aromatic N) is 1. The number of hydrogen-bond donors (Lipinski definition) is 0. The third kappa shape index (κ3) is 3.43. The van der Waals surface area contributed by atoms with Gasteiger partial charge in [0.05, 0.1) is 6.54 Å². The highest BCUT2D eigenvalue weighted by molar-refractivity contribution is 6.69. The molecule has 0 fully saturated rings. The fourth-order valence-corrected chi connectivity index (χ4v) is 1.71. The minimum atomic E-state index is 0.561. The van der Waals surface area contributed by atoms with Crippen LogP contribution in [0.5, 0.6) is 0 Å². The highest BCUT2D eigenvalue weighted by atomic mass is 35.5. The molecule has 0 saturated heterocycles. The number of aliphatic imine (C=N–C) groups is 1. The minimum Gasteiger partial charge on any atom is -0.268 e. The van der Waals surface area contributed by atoms with Gasteiger partial charge in [0, 0.05) is 5.56 Å². The van der Waals surface area contributed by atoms with Crippen LogP contribution in [0.25, 0.3) is 0 Å². The van der Waals surface area contributed by atoms with E-state index in [9.17, 15) is 0 Å². The molecule has 0 spiro atoms. The normalized spacial score (nSPS) is 11.5. The molecule has 0 saturated carbocycles. The van der Waals surface area contributed by atoms with Gasteiger partial charge >= 0.3 is 0 Å². The zero-order valence-electron chi connectivity index (χ0n) is 9.73. The predicted octanol–water partition coefficient (Wildman–Crippen LogP) is 4.18. The van der Waals surface area contributed by atoms with Crippen molar-refractivity contribution in [2.45, 2.75) is 13.5 Å². The molecule has 2 rings (SSSR count). The first-order chi connectivity index (χ1) is 8.25. The van der Waals surface area contributed by atoms with Crippen LogP contribution in [0.4, 0.5) is 0 Å². The maximum atomic E-state index is 6.14. The van der Waals surface area contributed by atoms with Crippen LogP contribution < -0.4 is 0 Å². The summed E-state index contributed by atoms with van der Waals surface area (Å²) in [7, 11) is 0. The second-order valence-electron chi connectivity index (χ2n) is 3.96. The van der Waals surface area contributed by atoms with E-state index in [0.717, 1.165) is 5.56 Å². The molecule has 0 amide bonds. The van der Waals surface area contributed by atoms with Crippen LogP contribution in [-0.4, -0.2) is 5.17 Å². The number of benzene rings is 2. The van der Waals surface area contributed by atoms with Crippen molar-refractivity contribution in [2.24, 2.45) is 4.99 Å². The Morgan fingerprint density at radius 3 is 2.29 bits per heavy atom. The van der Waals surface area contributed by atoms with Gasteiger partial charge in [0.25, 0.3) is 0 Å². The van der Waals surface area contributed by atoms with Crippen molar-refractivity contribution in [1.82, 2.24) is 0 Å². The Morgan fingerprint density at radius 1 is 1.00 bits per heavy atom. The smallest absolute Gasteiger partial charge is 0.131 e. The molecule has 1 nitrogen and oxygen atoms in total. The summed E-state index contributed by atoms with van der Waals surface area (Å²) in [4.78, 5) is 4.38. The van der Waals surface area contributed by atoms with Gasteiger partial charge in [0.15, 0.2) is 0 Å². The van der Waals surface area contributed by atoms with Gasteiger partial charge in [-0.25, -0.2) is 0 Å². The standard InChI is InChI=1S/C15H14ClN/c1-12-7-9-13(10-8-12)11-17-15(16)14-5-3-2-4-6-14/h2-10H,11H2,1H3. The van der Waals surface area contributed by atoms with E-state index in [2.05, 4.69) is 36.2 Å². The zero-order valence-corrected chi connectivity index (χ0v) is 10.5. The summed E-state index contributed by atoms with van der Waals surface area (Å²) >= 11 is 6.14. The van der Waals surface area contributed by atoms with Gasteiger partial charge < -0.3 is 0 Å². The molecule has 2 aromatic carbocycles. The molecule has 0 radical (unpaired) electrons. The first kappa shape index (κ1) is 11.9. The molecule has 0 heterocycles. The van der Waals surface area contributed by atoms with Crippen LogP contribution in [0, 0.1) is 6.92 Å². The molecule has 0 aliphatic heterocycles. The lowest BCUT2D eigenvalue weighted by Gasteiger charge is -2.00. The highest BCUT2D eigenvalue weighted by Crippen LogP contribution is 2.09. The van der Waals surface area contributed by atoms with Crippen molar-refractivity contribution < 1.29 is 0 Å². The summed E-state index contributed by atoms with van der Waals surface area (Å²) in [6.07, 6.45) is 0. The van der Waals surface area contributed by atoms with E-state index in [0.29, 0.717) is 11.7 Å². The molecule has 0 atom stereocenters. The first-order valence-corrected chi connectivity index (χ1v) is 5.94. The topological polar surface area (TPSA) is 12.4 Å². The van der Waals surface area contributed by atoms with Gasteiger partial charge in [-0.3, -0.25) is 4.99 Å². The van der Waals surface area contributed by atoms with Crippen LogP contribution >= 0.6 is 11.6 Å². The molecule has 0 aliphatic carbocycles. The van der Waals surface area contributed by atoms with Crippen molar-refractivity contribution in [3.8, 4) is 0 Å². The third-order valence-electron chi connectivity index (χ3n) is 2.53. The van der Waals surface area contributed by atoms with Gasteiger partial charge in [-0.05, 0) is 12.5 Å². The summed E-state index contributed by atoms with van der Waals surface area (Å²) in [5.41, 5.74) is 3.39. The molecule has 2 heteroatoms. The van der Waals surface area contributed by atoms with Gasteiger partial charge in [-0.1, -0.05) is 71.8 Å². The van der Waals surface area contributed by atoms with E-state index in [1.54, 1.807) is 0 Å². The summed E-state index contributed by atoms with van der Waals surface area (Å²) in [6.45, 7) is 2.69. The largest absolute Gasteiger partial charge is 0.268 e. The Morgan fingerprint density at radius 2 is 1.65 bits per heavy atom. The van der Waals surface area contributed by atoms with Crippen molar-refractivity contribution in [3.05, 3.63) is 71.3 Å². The lowest BCUT2D eigenvalue weighted by molar-refractivity contribution is 1.07. The van der Waals surface area contributed by atoms with E-state index in [1.807, 2.05) is 30.3 Å². The molecule has 2 aromatic rings. The van der Waals surface area contributed by atoms with Crippen LogP contribution in [-0.2, 0) is 6.54 Å². The summed E-state index contributed by atoms with van der Waals surface area (Å²) < 4.78 is 0. The van der Waals surface area contributed by atoms with Crippen LogP contribution in [0.15, 0.2) is 59.6 Å². The third-order valence-corrected chi connectivity index (χ3v) is 2.87. The van der Waals surface area contributed by atoms with Gasteiger partial charge in [-0.2, -0.15) is 0 Å². The minimum absolute atomic E-state index is 0.561. The van der Waals surface area contributed by atoms with E-state index >= 15 is 0 Å². The quantitative estimate of drug-likeness (QED) is 0.717. The van der Waals surface area contributed by atoms with E-state index < -0.39 is 0 Å². The van der Waals surface area contributed by atoms with Crippen molar-refractivity contribution in [1.29, 1.82) is 0 Å². The molecule has 0 bridgehead atoms. The highest BCUT2D eigenvalue weighted by Gasteiger charge is 1.98. The maximum absolute atomic E-state index is 6.14. The van der Waals surface area contributed by atoms with E-state index in [-0.39, 0.29) is 0 Å². The molecule has 17 heavy (non-hydrogen) atoms. The second-order valence-corrected chi connectivity index (χ2v) is 4.32. The molecule has 0 aromatic heterocycles. The second kappa shape index (κ2) is 5.65. The predicted molar refractivity (Wildman–Crippen MR) is 73.7 cm³/mol. The number of rotatable bonds is 3. The Hall–Kier alpha value is -1.60. The van der Waals surface area contributed by atoms with Gasteiger partial charge in [-0.15, -0.1) is 0 Å². The molecule has 0 unspecified atom stereocenters. The Bertz CT molecular complexity index is 500. The average molecular weight is 244 g/mol. The Kier molecular flexibility index (Phi) is 3.94. The summed E-state index contributed by atoms with van der Waals surface area (Å²) in [5.74, 6) is 0. The van der Waals surface area contributed by atoms with Crippen molar-refractivity contribution in [3.63, 3.8) is 0 Å². The zero-order chi connectivity index (χ0) is 12.1. The maximum Gasteiger partial charge on any atom is 0.131 e. The van der Waals surface area contributed by atoms with Crippen LogP contribution in [0.2, 0.25) is 0 Å². The molecular formula is C15H14ClN. The average Bonchev–Trinajstić information content (AvgIpc) is 2.39. The van der Waals surface area contributed by atoms with E-state index in [4.69, 9.17) is 11.6 Å². The van der Waals surface area contributed by atoms with E-state index in [1.165, 1.54) is 11.1 Å².